The Kier molecular flexibility index (Phi) is 5.88. The second-order valence-electron chi connectivity index (χ2n) is 6.23. The van der Waals surface area contributed by atoms with E-state index in [1.165, 1.54) is 42.5 Å². The van der Waals surface area contributed by atoms with Crippen LogP contribution in [-0.4, -0.2) is 38.8 Å². The molecule has 0 radical (unpaired) electrons. The lowest BCUT2D eigenvalue weighted by Gasteiger charge is -2.16. The number of ether oxygens (including phenoxy) is 2. The lowest BCUT2D eigenvalue weighted by Crippen LogP contribution is -2.30. The van der Waals surface area contributed by atoms with Crippen molar-refractivity contribution in [3.8, 4) is 11.5 Å². The molecule has 1 atom stereocenters. The molecule has 0 spiro atoms. The summed E-state index contributed by atoms with van der Waals surface area (Å²) in [4.78, 5) is 26.0. The number of rotatable bonds is 6. The van der Waals surface area contributed by atoms with Crippen LogP contribution < -0.4 is 19.8 Å². The van der Waals surface area contributed by atoms with Gasteiger partial charge in [0.1, 0.15) is 5.82 Å². The zero-order chi connectivity index (χ0) is 20.1. The van der Waals surface area contributed by atoms with Gasteiger partial charge in [-0.2, -0.15) is 5.10 Å². The van der Waals surface area contributed by atoms with Crippen LogP contribution in [0.15, 0.2) is 47.6 Å². The molecular formula is C20H20FN3O4. The average Bonchev–Trinajstić information content (AvgIpc) is 3.10. The molecule has 1 N–H and O–H groups in total. The van der Waals surface area contributed by atoms with E-state index in [1.54, 1.807) is 25.3 Å². The van der Waals surface area contributed by atoms with E-state index < -0.39 is 5.92 Å². The molecule has 7 nitrogen and oxygen atoms in total. The van der Waals surface area contributed by atoms with E-state index in [0.717, 1.165) is 0 Å². The summed E-state index contributed by atoms with van der Waals surface area (Å²) in [5.41, 5.74) is 3.74. The van der Waals surface area contributed by atoms with Gasteiger partial charge >= 0.3 is 0 Å². The third kappa shape index (κ3) is 4.28. The van der Waals surface area contributed by atoms with Crippen molar-refractivity contribution in [2.45, 2.75) is 6.42 Å². The molecule has 1 unspecified atom stereocenters. The van der Waals surface area contributed by atoms with Gasteiger partial charge in [0.25, 0.3) is 0 Å². The summed E-state index contributed by atoms with van der Waals surface area (Å²) < 4.78 is 23.4. The summed E-state index contributed by atoms with van der Waals surface area (Å²) in [7, 11) is 3.08. The number of benzene rings is 2. The third-order valence-corrected chi connectivity index (χ3v) is 4.43. The number of carbonyl (C=O) groups is 2. The van der Waals surface area contributed by atoms with Crippen LogP contribution >= 0.6 is 0 Å². The molecule has 1 saturated heterocycles. The van der Waals surface area contributed by atoms with E-state index in [4.69, 9.17) is 9.47 Å². The average molecular weight is 385 g/mol. The number of halogens is 1. The molecule has 8 heteroatoms. The minimum atomic E-state index is -0.528. The fraction of sp³-hybridized carbons (Fsp3) is 0.250. The highest BCUT2D eigenvalue weighted by atomic mass is 19.1. The first-order valence-electron chi connectivity index (χ1n) is 8.62. The first-order chi connectivity index (χ1) is 13.5. The highest BCUT2D eigenvalue weighted by Gasteiger charge is 2.35. The van der Waals surface area contributed by atoms with Crippen molar-refractivity contribution >= 4 is 23.7 Å². The second kappa shape index (κ2) is 8.51. The topological polar surface area (TPSA) is 80.2 Å². The Labute approximate surface area is 161 Å². The second-order valence-corrected chi connectivity index (χ2v) is 6.23. The molecule has 0 saturated carbocycles. The Hall–Kier alpha value is -3.42. The fourth-order valence-electron chi connectivity index (χ4n) is 2.95. The minimum Gasteiger partial charge on any atom is -0.493 e. The maximum Gasteiger partial charge on any atom is 0.245 e. The summed E-state index contributed by atoms with van der Waals surface area (Å²) >= 11 is 0. The molecule has 1 aliphatic heterocycles. The van der Waals surface area contributed by atoms with Gasteiger partial charge in [-0.05, 0) is 48.0 Å². The number of hydrogen-bond donors (Lipinski definition) is 1. The number of hydrogen-bond acceptors (Lipinski definition) is 5. The largest absolute Gasteiger partial charge is 0.493 e. The molecule has 146 valence electrons. The summed E-state index contributed by atoms with van der Waals surface area (Å²) in [5.74, 6) is -0.303. The number of amides is 2. The zero-order valence-electron chi connectivity index (χ0n) is 15.5. The molecule has 1 fully saturated rings. The molecule has 2 aromatic carbocycles. The van der Waals surface area contributed by atoms with Crippen molar-refractivity contribution in [1.82, 2.24) is 5.43 Å². The normalized spacial score (nSPS) is 16.5. The van der Waals surface area contributed by atoms with E-state index >= 15 is 0 Å². The van der Waals surface area contributed by atoms with E-state index in [1.807, 2.05) is 0 Å². The van der Waals surface area contributed by atoms with E-state index in [0.29, 0.717) is 22.7 Å². The van der Waals surface area contributed by atoms with Crippen LogP contribution in [0, 0.1) is 11.7 Å². The van der Waals surface area contributed by atoms with E-state index in [9.17, 15) is 14.0 Å². The first kappa shape index (κ1) is 19.3. The lowest BCUT2D eigenvalue weighted by atomic mass is 10.1. The molecule has 2 amide bonds. The van der Waals surface area contributed by atoms with Crippen molar-refractivity contribution in [3.05, 3.63) is 53.8 Å². The Balaban J connectivity index is 1.60. The number of anilines is 1. The third-order valence-electron chi connectivity index (χ3n) is 4.43. The molecule has 3 rings (SSSR count). The Morgan fingerprint density at radius 3 is 2.57 bits per heavy atom. The lowest BCUT2D eigenvalue weighted by molar-refractivity contribution is -0.126. The number of methoxy groups -OCH3 is 2. The predicted octanol–water partition coefficient (Wildman–Crippen LogP) is 2.35. The van der Waals surface area contributed by atoms with Crippen LogP contribution in [-0.2, 0) is 9.59 Å². The van der Waals surface area contributed by atoms with Crippen molar-refractivity contribution in [1.29, 1.82) is 0 Å². The molecule has 0 aromatic heterocycles. The monoisotopic (exact) mass is 385 g/mol. The standard InChI is InChI=1S/C20H20FN3O4/c1-27-17-8-3-13(9-18(17)28-2)11-22-23-20(26)14-10-19(25)24(12-14)16-6-4-15(21)5-7-16/h3-9,11,14H,10,12H2,1-2H3,(H,23,26). The molecule has 0 bridgehead atoms. The van der Waals surface area contributed by atoms with Crippen molar-refractivity contribution in [3.63, 3.8) is 0 Å². The molecule has 2 aromatic rings. The maximum absolute atomic E-state index is 13.0. The molecular weight excluding hydrogens is 365 g/mol. The van der Waals surface area contributed by atoms with Crippen LogP contribution in [0.1, 0.15) is 12.0 Å². The number of nitrogens with one attached hydrogen (secondary N) is 1. The molecule has 0 aliphatic carbocycles. The van der Waals surface area contributed by atoms with Gasteiger partial charge in [-0.1, -0.05) is 0 Å². The van der Waals surface area contributed by atoms with Gasteiger partial charge in [-0.3, -0.25) is 9.59 Å². The summed E-state index contributed by atoms with van der Waals surface area (Å²) in [6, 6.07) is 10.8. The molecule has 28 heavy (non-hydrogen) atoms. The van der Waals surface area contributed by atoms with Crippen LogP contribution in [0.5, 0.6) is 11.5 Å². The van der Waals surface area contributed by atoms with Gasteiger partial charge in [0, 0.05) is 18.7 Å². The molecule has 1 aliphatic rings. The SMILES string of the molecule is COc1ccc(C=NNC(=O)C2CC(=O)N(c3ccc(F)cc3)C2)cc1OC. The van der Waals surface area contributed by atoms with E-state index in [2.05, 4.69) is 10.5 Å². The summed E-state index contributed by atoms with van der Waals surface area (Å²) in [5, 5.41) is 3.95. The van der Waals surface area contributed by atoms with Crippen molar-refractivity contribution in [2.24, 2.45) is 11.0 Å². The van der Waals surface area contributed by atoms with Gasteiger partial charge in [0.15, 0.2) is 11.5 Å². The minimum absolute atomic E-state index is 0.0785. The Morgan fingerprint density at radius 2 is 1.89 bits per heavy atom. The van der Waals surface area contributed by atoms with Gasteiger partial charge < -0.3 is 14.4 Å². The molecule has 1 heterocycles. The van der Waals surface area contributed by atoms with Gasteiger partial charge in [-0.25, -0.2) is 9.82 Å². The smallest absolute Gasteiger partial charge is 0.245 e. The maximum atomic E-state index is 13.0. The number of carbonyl (C=O) groups excluding carboxylic acids is 2. The summed E-state index contributed by atoms with van der Waals surface area (Å²) in [6.07, 6.45) is 1.56. The van der Waals surface area contributed by atoms with Crippen molar-refractivity contribution in [2.75, 3.05) is 25.7 Å². The van der Waals surface area contributed by atoms with E-state index in [-0.39, 0.29) is 30.6 Å². The number of hydrazone groups is 1. The van der Waals surface area contributed by atoms with Gasteiger partial charge in [-0.15, -0.1) is 0 Å². The van der Waals surface area contributed by atoms with Crippen molar-refractivity contribution < 1.29 is 23.5 Å². The Bertz CT molecular complexity index is 899. The van der Waals surface area contributed by atoms with Crippen LogP contribution in [0.3, 0.4) is 0 Å². The first-order valence-corrected chi connectivity index (χ1v) is 8.62. The van der Waals surface area contributed by atoms with Gasteiger partial charge in [0.05, 0.1) is 26.4 Å². The highest BCUT2D eigenvalue weighted by molar-refractivity contribution is 6.00. The number of nitrogens with zero attached hydrogens (tertiary/aromatic N) is 2. The highest BCUT2D eigenvalue weighted by Crippen LogP contribution is 2.27. The van der Waals surface area contributed by atoms with Crippen LogP contribution in [0.4, 0.5) is 10.1 Å². The Morgan fingerprint density at radius 1 is 1.18 bits per heavy atom. The van der Waals surface area contributed by atoms with Gasteiger partial charge in [0.2, 0.25) is 11.8 Å². The zero-order valence-corrected chi connectivity index (χ0v) is 15.5. The quantitative estimate of drug-likeness (QED) is 0.611. The predicted molar refractivity (Wildman–Crippen MR) is 102 cm³/mol. The fourth-order valence-corrected chi connectivity index (χ4v) is 2.95. The van der Waals surface area contributed by atoms with Crippen LogP contribution in [0.25, 0.3) is 0 Å². The van der Waals surface area contributed by atoms with Crippen LogP contribution in [0.2, 0.25) is 0 Å². The summed E-state index contributed by atoms with van der Waals surface area (Å²) in [6.45, 7) is 0.224.